The highest BCUT2D eigenvalue weighted by Crippen LogP contribution is 2.48. The molecule has 1 saturated heterocycles. The Labute approximate surface area is 207 Å². The predicted molar refractivity (Wildman–Crippen MR) is 126 cm³/mol. The molecule has 0 radical (unpaired) electrons. The van der Waals surface area contributed by atoms with E-state index in [0.717, 1.165) is 30.7 Å². The lowest BCUT2D eigenvalue weighted by Gasteiger charge is -2.30. The Kier molecular flexibility index (Phi) is 6.76. The number of amides is 1. The average Bonchev–Trinajstić information content (AvgIpc) is 3.10. The number of nitrogens with zero attached hydrogens (tertiary/aromatic N) is 2. The van der Waals surface area contributed by atoms with Crippen LogP contribution in [-0.4, -0.2) is 48.2 Å². The third-order valence-electron chi connectivity index (χ3n) is 5.40. The number of aryl methyl sites for hydroxylation is 1. The summed E-state index contributed by atoms with van der Waals surface area (Å²) in [7, 11) is 1.12. The van der Waals surface area contributed by atoms with Gasteiger partial charge in [0, 0.05) is 44.3 Å². The normalized spacial score (nSPS) is 21.6. The first-order valence-corrected chi connectivity index (χ1v) is 11.9. The molecule has 0 bridgehead atoms. The number of benzene rings is 2. The van der Waals surface area contributed by atoms with E-state index in [2.05, 4.69) is 15.6 Å². The number of halogens is 5. The number of alkyl halides is 3. The molecule has 2 aliphatic heterocycles. The third kappa shape index (κ3) is 4.34. The molecular weight excluding hydrogens is 514 g/mol. The highest BCUT2D eigenvalue weighted by molar-refractivity contribution is 8.00. The van der Waals surface area contributed by atoms with Crippen LogP contribution in [0.1, 0.15) is 27.0 Å². The van der Waals surface area contributed by atoms with Crippen molar-refractivity contribution in [2.24, 2.45) is 10.3 Å². The largest absolute Gasteiger partial charge is 0.441 e. The van der Waals surface area contributed by atoms with Crippen LogP contribution in [0, 0.1) is 6.92 Å². The minimum atomic E-state index is -5.00. The molecule has 1 amide bonds. The second-order valence-electron chi connectivity index (χ2n) is 7.73. The molecule has 0 saturated carbocycles. The number of oxime groups is 2. The van der Waals surface area contributed by atoms with Crippen molar-refractivity contribution < 1.29 is 27.6 Å². The van der Waals surface area contributed by atoms with Gasteiger partial charge >= 0.3 is 11.8 Å². The van der Waals surface area contributed by atoms with Gasteiger partial charge in [-0.15, -0.1) is 0 Å². The van der Waals surface area contributed by atoms with Crippen LogP contribution in [0.25, 0.3) is 0 Å². The maximum Gasteiger partial charge on any atom is 0.441 e. The van der Waals surface area contributed by atoms with E-state index in [0.29, 0.717) is 11.1 Å². The molecule has 12 heteroatoms. The van der Waals surface area contributed by atoms with E-state index in [4.69, 9.17) is 32.9 Å². The van der Waals surface area contributed by atoms with Crippen molar-refractivity contribution >= 4 is 52.3 Å². The second kappa shape index (κ2) is 9.31. The molecule has 1 N–H and O–H groups in total. The van der Waals surface area contributed by atoms with Crippen molar-refractivity contribution in [3.63, 3.8) is 0 Å². The fraction of sp³-hybridized carbons (Fsp3) is 0.318. The Balaban J connectivity index is 1.75. The number of thioether (sulfide) groups is 1. The minimum Gasteiger partial charge on any atom is -0.399 e. The van der Waals surface area contributed by atoms with Gasteiger partial charge in [0.1, 0.15) is 12.8 Å². The predicted octanol–water partition coefficient (Wildman–Crippen LogP) is 5.34. The molecule has 1 unspecified atom stereocenters. The molecular formula is C22H18Cl2F3N3O3S. The van der Waals surface area contributed by atoms with Crippen molar-refractivity contribution in [2.75, 3.05) is 18.6 Å². The van der Waals surface area contributed by atoms with Crippen molar-refractivity contribution in [1.82, 2.24) is 5.32 Å². The van der Waals surface area contributed by atoms with Crippen LogP contribution < -0.4 is 5.32 Å². The molecule has 0 spiro atoms. The van der Waals surface area contributed by atoms with Gasteiger partial charge in [-0.05, 0) is 42.8 Å². The van der Waals surface area contributed by atoms with Crippen LogP contribution in [0.2, 0.25) is 10.0 Å². The van der Waals surface area contributed by atoms with E-state index in [1.807, 2.05) is 0 Å². The first-order chi connectivity index (χ1) is 16.1. The molecule has 6 nitrogen and oxygen atoms in total. The smallest absolute Gasteiger partial charge is 0.399 e. The molecule has 4 rings (SSSR count). The lowest BCUT2D eigenvalue weighted by Crippen LogP contribution is -2.50. The Bertz CT molecular complexity index is 1180. The molecule has 2 aromatic carbocycles. The van der Waals surface area contributed by atoms with Gasteiger partial charge < -0.3 is 15.0 Å². The number of hydrogen-bond donors (Lipinski definition) is 1. The van der Waals surface area contributed by atoms with E-state index in [9.17, 15) is 18.0 Å². The summed E-state index contributed by atoms with van der Waals surface area (Å²) in [6.45, 7) is 1.69. The van der Waals surface area contributed by atoms with Crippen LogP contribution in [0.4, 0.5) is 13.2 Å². The van der Waals surface area contributed by atoms with Gasteiger partial charge in [0.25, 0.3) is 5.91 Å². The zero-order valence-electron chi connectivity index (χ0n) is 17.9. The summed E-state index contributed by atoms with van der Waals surface area (Å²) < 4.78 is 43.7. The zero-order chi connectivity index (χ0) is 24.7. The minimum absolute atomic E-state index is 0.0176. The van der Waals surface area contributed by atoms with Gasteiger partial charge in [0.15, 0.2) is 5.71 Å². The summed E-state index contributed by atoms with van der Waals surface area (Å²) in [4.78, 5) is 22.4. The van der Waals surface area contributed by atoms with Crippen LogP contribution in [-0.2, 0) is 15.3 Å². The Morgan fingerprint density at radius 1 is 1.24 bits per heavy atom. The van der Waals surface area contributed by atoms with E-state index < -0.39 is 23.1 Å². The van der Waals surface area contributed by atoms with E-state index >= 15 is 0 Å². The van der Waals surface area contributed by atoms with Gasteiger partial charge in [-0.2, -0.15) is 24.9 Å². The molecule has 2 aromatic rings. The van der Waals surface area contributed by atoms with Gasteiger partial charge in [-0.25, -0.2) is 0 Å². The summed E-state index contributed by atoms with van der Waals surface area (Å²) in [5, 5.41) is 10.3. The Hall–Kier alpha value is -2.43. The second-order valence-corrected chi connectivity index (χ2v) is 9.68. The Morgan fingerprint density at radius 2 is 1.91 bits per heavy atom. The number of nitrogens with one attached hydrogen (secondary N) is 1. The molecule has 2 aliphatic rings. The van der Waals surface area contributed by atoms with Crippen LogP contribution in [0.15, 0.2) is 46.7 Å². The van der Waals surface area contributed by atoms with Crippen molar-refractivity contribution in [2.45, 2.75) is 24.7 Å². The average molecular weight is 532 g/mol. The molecule has 34 heavy (non-hydrogen) atoms. The number of rotatable bonds is 5. The summed E-state index contributed by atoms with van der Waals surface area (Å²) >= 11 is 13.7. The third-order valence-corrected chi connectivity index (χ3v) is 7.11. The maximum absolute atomic E-state index is 14.6. The van der Waals surface area contributed by atoms with E-state index in [-0.39, 0.29) is 33.3 Å². The van der Waals surface area contributed by atoms with Gasteiger partial charge in [0.05, 0.1) is 0 Å². The van der Waals surface area contributed by atoms with Crippen LogP contribution >= 0.6 is 35.0 Å². The Morgan fingerprint density at radius 3 is 2.44 bits per heavy atom. The number of carbonyl (C=O) groups is 1. The monoisotopic (exact) mass is 531 g/mol. The molecule has 2 heterocycles. The maximum atomic E-state index is 14.6. The van der Waals surface area contributed by atoms with Crippen molar-refractivity contribution in [3.8, 4) is 0 Å². The topological polar surface area (TPSA) is 72.3 Å². The quantitative estimate of drug-likeness (QED) is 0.528. The van der Waals surface area contributed by atoms with E-state index in [1.165, 1.54) is 18.2 Å². The van der Waals surface area contributed by atoms with Gasteiger partial charge in [0.2, 0.25) is 0 Å². The molecule has 180 valence electrons. The molecule has 1 atom stereocenters. The standard InChI is InChI=1S/C22H18Cl2F3N3O3S/c1-11-5-12(3-4-17(11)20(31)28-16-9-34-10-16)18-19(30-32-2)21(33-29-18,22(25,26)27)13-6-14(23)8-15(24)7-13/h3-8,16H,9-10H2,1-2H3,(H,28,31). The first kappa shape index (κ1) is 24.7. The highest BCUT2D eigenvalue weighted by atomic mass is 35.5. The lowest BCUT2D eigenvalue weighted by molar-refractivity contribution is -0.250. The van der Waals surface area contributed by atoms with E-state index in [1.54, 1.807) is 24.8 Å². The molecule has 1 fully saturated rings. The van der Waals surface area contributed by atoms with Crippen molar-refractivity contribution in [1.29, 1.82) is 0 Å². The van der Waals surface area contributed by atoms with Crippen LogP contribution in [0.3, 0.4) is 0 Å². The SMILES string of the molecule is CON=C1C(c2ccc(C(=O)NC3CSC3)c(C)c2)=NOC1(c1cc(Cl)cc(Cl)c1)C(F)(F)F. The highest BCUT2D eigenvalue weighted by Gasteiger charge is 2.67. The zero-order valence-corrected chi connectivity index (χ0v) is 20.2. The number of hydrogen-bond acceptors (Lipinski definition) is 6. The summed E-state index contributed by atoms with van der Waals surface area (Å²) in [5.74, 6) is 1.45. The fourth-order valence-electron chi connectivity index (χ4n) is 3.70. The lowest BCUT2D eigenvalue weighted by atomic mass is 9.84. The molecule has 0 aromatic heterocycles. The van der Waals surface area contributed by atoms with Crippen molar-refractivity contribution in [3.05, 3.63) is 68.7 Å². The summed E-state index contributed by atoms with van der Waals surface area (Å²) in [5.41, 5.74) is -3.09. The molecule has 0 aliphatic carbocycles. The fourth-order valence-corrected chi connectivity index (χ4v) is 4.86. The van der Waals surface area contributed by atoms with Gasteiger partial charge in [-0.3, -0.25) is 4.79 Å². The summed E-state index contributed by atoms with van der Waals surface area (Å²) in [6, 6.07) is 8.15. The van der Waals surface area contributed by atoms with Crippen LogP contribution in [0.5, 0.6) is 0 Å². The first-order valence-electron chi connectivity index (χ1n) is 9.98. The van der Waals surface area contributed by atoms with Gasteiger partial charge in [-0.1, -0.05) is 39.6 Å². The number of carbonyl (C=O) groups excluding carboxylic acids is 1. The summed E-state index contributed by atoms with van der Waals surface area (Å²) in [6.07, 6.45) is -5.00.